The molecule has 0 unspecified atom stereocenters. The highest BCUT2D eigenvalue weighted by atomic mass is 35.5. The molecule has 0 heterocycles. The zero-order valence-electron chi connectivity index (χ0n) is 15.4. The number of carbonyl (C=O) groups excluding carboxylic acids is 1. The first-order chi connectivity index (χ1) is 12.5. The van der Waals surface area contributed by atoms with E-state index in [1.165, 1.54) is 0 Å². The third-order valence-electron chi connectivity index (χ3n) is 3.88. The quantitative estimate of drug-likeness (QED) is 0.680. The Hall–Kier alpha value is -2.24. The van der Waals surface area contributed by atoms with Crippen LogP contribution >= 0.6 is 11.6 Å². The van der Waals surface area contributed by atoms with Gasteiger partial charge in [-0.05, 0) is 35.4 Å². The van der Waals surface area contributed by atoms with E-state index >= 15 is 0 Å². The Morgan fingerprint density at radius 3 is 2.42 bits per heavy atom. The number of nitrogens with zero attached hydrogens (tertiary/aromatic N) is 1. The van der Waals surface area contributed by atoms with Gasteiger partial charge >= 0.3 is 0 Å². The molecule has 26 heavy (non-hydrogen) atoms. The largest absolute Gasteiger partial charge is 0.493 e. The molecule has 1 amide bonds. The molecular formula is C20H25ClN2O3. The zero-order chi connectivity index (χ0) is 18.9. The number of hydrogen-bond acceptors (Lipinski definition) is 4. The lowest BCUT2D eigenvalue weighted by atomic mass is 10.2. The first kappa shape index (κ1) is 20.1. The lowest BCUT2D eigenvalue weighted by Crippen LogP contribution is -2.26. The highest BCUT2D eigenvalue weighted by Gasteiger charge is 2.07. The first-order valence-corrected chi connectivity index (χ1v) is 8.82. The first-order valence-electron chi connectivity index (χ1n) is 8.44. The highest BCUT2D eigenvalue weighted by molar-refractivity contribution is 6.30. The van der Waals surface area contributed by atoms with Crippen molar-refractivity contribution in [2.45, 2.75) is 19.6 Å². The Kier molecular flexibility index (Phi) is 7.75. The van der Waals surface area contributed by atoms with Crippen LogP contribution in [0.15, 0.2) is 42.5 Å². The van der Waals surface area contributed by atoms with E-state index in [0.29, 0.717) is 42.6 Å². The second kappa shape index (κ2) is 10.0. The number of benzene rings is 2. The summed E-state index contributed by atoms with van der Waals surface area (Å²) < 4.78 is 11.3. The van der Waals surface area contributed by atoms with Crippen LogP contribution in [0.3, 0.4) is 0 Å². The lowest BCUT2D eigenvalue weighted by Gasteiger charge is -2.13. The van der Waals surface area contributed by atoms with E-state index in [2.05, 4.69) is 5.32 Å². The maximum absolute atomic E-state index is 11.5. The summed E-state index contributed by atoms with van der Waals surface area (Å²) in [6.07, 6.45) is 0.479. The molecule has 0 bridgehead atoms. The Morgan fingerprint density at radius 1 is 1.08 bits per heavy atom. The zero-order valence-corrected chi connectivity index (χ0v) is 16.2. The molecule has 2 aromatic carbocycles. The molecular weight excluding hydrogens is 352 g/mol. The van der Waals surface area contributed by atoms with E-state index in [1.807, 2.05) is 42.5 Å². The molecule has 5 nitrogen and oxygen atoms in total. The number of rotatable bonds is 9. The van der Waals surface area contributed by atoms with E-state index in [1.54, 1.807) is 26.1 Å². The maximum atomic E-state index is 11.5. The molecule has 0 fully saturated rings. The normalized spacial score (nSPS) is 10.5. The number of ether oxygens (including phenoxy) is 2. The smallest absolute Gasteiger partial charge is 0.223 e. The molecule has 0 aliphatic heterocycles. The molecule has 2 rings (SSSR count). The summed E-state index contributed by atoms with van der Waals surface area (Å²) in [5.74, 6) is 1.48. The number of methoxy groups -OCH3 is 1. The number of halogens is 1. The summed E-state index contributed by atoms with van der Waals surface area (Å²) in [5.41, 5.74) is 2.10. The van der Waals surface area contributed by atoms with Crippen LogP contribution in [-0.4, -0.2) is 38.6 Å². The average molecular weight is 377 g/mol. The minimum absolute atomic E-state index is 0.112. The van der Waals surface area contributed by atoms with Gasteiger partial charge in [0.2, 0.25) is 5.91 Å². The van der Waals surface area contributed by atoms with Crippen molar-refractivity contribution in [2.75, 3.05) is 27.7 Å². The molecule has 140 valence electrons. The van der Waals surface area contributed by atoms with Crippen molar-refractivity contribution >= 4 is 17.5 Å². The molecule has 0 spiro atoms. The van der Waals surface area contributed by atoms with Crippen LogP contribution in [-0.2, 0) is 17.9 Å². The molecule has 6 heteroatoms. The van der Waals surface area contributed by atoms with Crippen LogP contribution in [0.2, 0.25) is 5.02 Å². The van der Waals surface area contributed by atoms with E-state index < -0.39 is 0 Å². The van der Waals surface area contributed by atoms with Crippen LogP contribution in [0.25, 0.3) is 0 Å². The van der Waals surface area contributed by atoms with E-state index in [4.69, 9.17) is 21.1 Å². The fourth-order valence-electron chi connectivity index (χ4n) is 2.33. The lowest BCUT2D eigenvalue weighted by molar-refractivity contribution is -0.128. The van der Waals surface area contributed by atoms with Gasteiger partial charge in [-0.15, -0.1) is 0 Å². The van der Waals surface area contributed by atoms with Crippen LogP contribution < -0.4 is 14.8 Å². The van der Waals surface area contributed by atoms with Gasteiger partial charge in [-0.2, -0.15) is 0 Å². The van der Waals surface area contributed by atoms with E-state index in [-0.39, 0.29) is 5.91 Å². The number of amides is 1. The van der Waals surface area contributed by atoms with Crippen molar-refractivity contribution in [3.63, 3.8) is 0 Å². The standard InChI is InChI=1S/C20H25ClN2O3/c1-23(2)20(24)10-11-22-13-16-6-9-18(19(12-16)25-3)26-14-15-4-7-17(21)8-5-15/h4-9,12,22H,10-11,13-14H2,1-3H3. The van der Waals surface area contributed by atoms with Gasteiger partial charge in [0, 0.05) is 38.6 Å². The number of nitrogens with one attached hydrogen (secondary N) is 1. The van der Waals surface area contributed by atoms with Crippen LogP contribution in [0.1, 0.15) is 17.5 Å². The van der Waals surface area contributed by atoms with Gasteiger partial charge in [0.25, 0.3) is 0 Å². The third-order valence-corrected chi connectivity index (χ3v) is 4.13. The maximum Gasteiger partial charge on any atom is 0.223 e. The van der Waals surface area contributed by atoms with Crippen molar-refractivity contribution in [1.82, 2.24) is 10.2 Å². The van der Waals surface area contributed by atoms with Gasteiger partial charge in [-0.25, -0.2) is 0 Å². The Balaban J connectivity index is 1.88. The molecule has 2 aromatic rings. The van der Waals surface area contributed by atoms with Crippen molar-refractivity contribution in [1.29, 1.82) is 0 Å². The molecule has 0 atom stereocenters. The molecule has 0 saturated heterocycles. The summed E-state index contributed by atoms with van der Waals surface area (Å²) in [6, 6.07) is 13.4. The number of hydrogen-bond donors (Lipinski definition) is 1. The van der Waals surface area contributed by atoms with E-state index in [9.17, 15) is 4.79 Å². The molecule has 1 N–H and O–H groups in total. The van der Waals surface area contributed by atoms with Crippen LogP contribution in [0.4, 0.5) is 0 Å². The third kappa shape index (κ3) is 6.24. The fourth-order valence-corrected chi connectivity index (χ4v) is 2.46. The van der Waals surface area contributed by atoms with Crippen molar-refractivity contribution in [3.8, 4) is 11.5 Å². The average Bonchev–Trinajstić information content (AvgIpc) is 2.64. The van der Waals surface area contributed by atoms with Crippen LogP contribution in [0.5, 0.6) is 11.5 Å². The molecule has 0 aliphatic carbocycles. The minimum Gasteiger partial charge on any atom is -0.493 e. The predicted molar refractivity (Wildman–Crippen MR) is 104 cm³/mol. The van der Waals surface area contributed by atoms with Crippen molar-refractivity contribution in [2.24, 2.45) is 0 Å². The summed E-state index contributed by atoms with van der Waals surface area (Å²) in [6.45, 7) is 1.74. The predicted octanol–water partition coefficient (Wildman–Crippen LogP) is 3.50. The van der Waals surface area contributed by atoms with Gasteiger partial charge in [-0.3, -0.25) is 4.79 Å². The summed E-state index contributed by atoms with van der Waals surface area (Å²) >= 11 is 5.89. The highest BCUT2D eigenvalue weighted by Crippen LogP contribution is 2.29. The van der Waals surface area contributed by atoms with Crippen molar-refractivity contribution in [3.05, 3.63) is 58.6 Å². The molecule has 0 aromatic heterocycles. The fraction of sp³-hybridized carbons (Fsp3) is 0.350. The minimum atomic E-state index is 0.112. The van der Waals surface area contributed by atoms with Gasteiger partial charge in [-0.1, -0.05) is 29.8 Å². The van der Waals surface area contributed by atoms with Crippen LogP contribution in [0, 0.1) is 0 Å². The van der Waals surface area contributed by atoms with Gasteiger partial charge in [0.15, 0.2) is 11.5 Å². The molecule has 0 saturated carbocycles. The summed E-state index contributed by atoms with van der Waals surface area (Å²) in [7, 11) is 5.14. The Bertz CT molecular complexity index is 717. The monoisotopic (exact) mass is 376 g/mol. The van der Waals surface area contributed by atoms with Gasteiger partial charge in [0.05, 0.1) is 7.11 Å². The number of carbonyl (C=O) groups is 1. The molecule has 0 radical (unpaired) electrons. The van der Waals surface area contributed by atoms with Gasteiger partial charge in [0.1, 0.15) is 6.61 Å². The second-order valence-corrected chi connectivity index (χ2v) is 6.55. The summed E-state index contributed by atoms with van der Waals surface area (Å²) in [5, 5.41) is 3.97. The van der Waals surface area contributed by atoms with Gasteiger partial charge < -0.3 is 19.7 Å². The Labute approximate surface area is 159 Å². The summed E-state index contributed by atoms with van der Waals surface area (Å²) in [4.78, 5) is 13.1. The van der Waals surface area contributed by atoms with E-state index in [0.717, 1.165) is 11.1 Å². The topological polar surface area (TPSA) is 50.8 Å². The SMILES string of the molecule is COc1cc(CNCCC(=O)N(C)C)ccc1OCc1ccc(Cl)cc1. The second-order valence-electron chi connectivity index (χ2n) is 6.12. The Morgan fingerprint density at radius 2 is 1.77 bits per heavy atom. The van der Waals surface area contributed by atoms with Crippen molar-refractivity contribution < 1.29 is 14.3 Å². The molecule has 0 aliphatic rings.